The number of aryl methyl sites for hydroxylation is 1. The summed E-state index contributed by atoms with van der Waals surface area (Å²) in [5, 5.41) is 6.89. The maximum atomic E-state index is 11.3. The Labute approximate surface area is 208 Å². The van der Waals surface area contributed by atoms with Crippen LogP contribution in [0.25, 0.3) is 11.0 Å². The van der Waals surface area contributed by atoms with Crippen molar-refractivity contribution in [1.29, 1.82) is 0 Å². The van der Waals surface area contributed by atoms with Gasteiger partial charge in [-0.15, -0.1) is 0 Å². The molecule has 1 saturated carbocycles. The molecule has 1 aromatic heterocycles. The number of carbonyl (C=O) groups is 2. The van der Waals surface area contributed by atoms with Gasteiger partial charge in [-0.25, -0.2) is 4.98 Å². The molecule has 0 spiro atoms. The van der Waals surface area contributed by atoms with Crippen LogP contribution in [0.3, 0.4) is 0 Å². The van der Waals surface area contributed by atoms with Crippen molar-refractivity contribution in [3.63, 3.8) is 0 Å². The van der Waals surface area contributed by atoms with Crippen molar-refractivity contribution in [2.24, 2.45) is 11.7 Å². The summed E-state index contributed by atoms with van der Waals surface area (Å²) in [5.41, 5.74) is 11.0. The molecule has 0 radical (unpaired) electrons. The van der Waals surface area contributed by atoms with E-state index in [4.69, 9.17) is 14.9 Å². The number of nitrogens with two attached hydrogens (primary N) is 1. The minimum Gasteiger partial charge on any atom is -0.483 e. The maximum absolute atomic E-state index is 11.3. The van der Waals surface area contributed by atoms with Crippen LogP contribution in [-0.2, 0) is 22.4 Å². The van der Waals surface area contributed by atoms with Crippen molar-refractivity contribution < 1.29 is 14.7 Å². The van der Waals surface area contributed by atoms with E-state index in [1.165, 1.54) is 47.1 Å². The van der Waals surface area contributed by atoms with E-state index in [-0.39, 0.29) is 12.4 Å². The van der Waals surface area contributed by atoms with E-state index in [0.717, 1.165) is 44.8 Å². The zero-order valence-corrected chi connectivity index (χ0v) is 21.1. The summed E-state index contributed by atoms with van der Waals surface area (Å²) < 4.78 is 2.52. The minimum absolute atomic E-state index is 0.233. The number of fused-ring (bicyclic) bond motifs is 3. The van der Waals surface area contributed by atoms with Crippen molar-refractivity contribution in [2.75, 3.05) is 19.0 Å². The van der Waals surface area contributed by atoms with E-state index in [9.17, 15) is 4.79 Å². The molecule has 1 aliphatic heterocycles. The monoisotopic (exact) mass is 478 g/mol. The lowest BCUT2D eigenvalue weighted by Gasteiger charge is -2.34. The molecule has 1 fully saturated rings. The van der Waals surface area contributed by atoms with Crippen molar-refractivity contribution >= 4 is 29.5 Å². The van der Waals surface area contributed by atoms with Crippen molar-refractivity contribution in [2.45, 2.75) is 64.0 Å². The number of benzene rings is 2. The van der Waals surface area contributed by atoms with Crippen molar-refractivity contribution in [1.82, 2.24) is 9.55 Å². The van der Waals surface area contributed by atoms with Gasteiger partial charge in [-0.3, -0.25) is 4.79 Å². The second-order valence-corrected chi connectivity index (χ2v) is 9.30. The first-order valence-corrected chi connectivity index (χ1v) is 12.5. The van der Waals surface area contributed by atoms with Crippen molar-refractivity contribution in [3.05, 3.63) is 59.4 Å². The molecular formula is C28H38N4O3. The summed E-state index contributed by atoms with van der Waals surface area (Å²) in [4.78, 5) is 27.3. The van der Waals surface area contributed by atoms with Gasteiger partial charge in [0.15, 0.2) is 0 Å². The van der Waals surface area contributed by atoms with E-state index < -0.39 is 0 Å². The van der Waals surface area contributed by atoms with Gasteiger partial charge >= 0.3 is 0 Å². The SMILES string of the molecule is CC1CCc2c(ccc3c2nc(Cc2ccccc2)n3C2CCC(C=O)CC2)N1C.CN.O=CO. The molecule has 35 heavy (non-hydrogen) atoms. The van der Waals surface area contributed by atoms with Gasteiger partial charge in [-0.2, -0.15) is 0 Å². The lowest BCUT2D eigenvalue weighted by Crippen LogP contribution is -2.33. The molecule has 0 amide bonds. The number of imidazole rings is 1. The fourth-order valence-electron chi connectivity index (χ4n) is 5.42. The van der Waals surface area contributed by atoms with Gasteiger partial charge in [0, 0.05) is 42.7 Å². The first kappa shape index (κ1) is 26.4. The van der Waals surface area contributed by atoms with Crippen LogP contribution in [0.2, 0.25) is 0 Å². The predicted molar refractivity (Wildman–Crippen MR) is 141 cm³/mol. The Bertz CT molecular complexity index is 1100. The molecule has 5 rings (SSSR count). The minimum atomic E-state index is -0.250. The van der Waals surface area contributed by atoms with Gasteiger partial charge < -0.3 is 25.1 Å². The van der Waals surface area contributed by atoms with Gasteiger partial charge in [0.1, 0.15) is 12.1 Å². The van der Waals surface area contributed by atoms with E-state index in [1.54, 1.807) is 0 Å². The average molecular weight is 479 g/mol. The number of aldehydes is 1. The molecule has 2 aliphatic rings. The molecule has 188 valence electrons. The lowest BCUT2D eigenvalue weighted by atomic mass is 9.86. The normalized spacial score (nSPS) is 21.1. The summed E-state index contributed by atoms with van der Waals surface area (Å²) >= 11 is 0. The van der Waals surface area contributed by atoms with Crippen LogP contribution in [-0.4, -0.2) is 47.6 Å². The zero-order chi connectivity index (χ0) is 25.4. The summed E-state index contributed by atoms with van der Waals surface area (Å²) in [6.07, 6.45) is 8.37. The van der Waals surface area contributed by atoms with Gasteiger partial charge in [-0.05, 0) is 70.2 Å². The van der Waals surface area contributed by atoms with Crippen LogP contribution in [0.1, 0.15) is 62.0 Å². The maximum Gasteiger partial charge on any atom is 0.290 e. The highest BCUT2D eigenvalue weighted by molar-refractivity contribution is 5.86. The van der Waals surface area contributed by atoms with Crippen LogP contribution in [0, 0.1) is 5.92 Å². The Morgan fingerprint density at radius 2 is 1.69 bits per heavy atom. The number of hydrogen-bond acceptors (Lipinski definition) is 5. The Balaban J connectivity index is 0.000000638. The fourth-order valence-corrected chi connectivity index (χ4v) is 5.42. The Morgan fingerprint density at radius 1 is 1.03 bits per heavy atom. The highest BCUT2D eigenvalue weighted by Crippen LogP contribution is 2.39. The third kappa shape index (κ3) is 5.73. The zero-order valence-electron chi connectivity index (χ0n) is 21.1. The largest absolute Gasteiger partial charge is 0.483 e. The number of nitrogens with zero attached hydrogens (tertiary/aromatic N) is 3. The third-order valence-electron chi connectivity index (χ3n) is 7.37. The summed E-state index contributed by atoms with van der Waals surface area (Å²) in [6.45, 7) is 2.05. The molecule has 3 aromatic rings. The topological polar surface area (TPSA) is 101 Å². The average Bonchev–Trinajstić information content (AvgIpc) is 3.26. The lowest BCUT2D eigenvalue weighted by molar-refractivity contribution is -0.122. The molecule has 0 saturated heterocycles. The van der Waals surface area contributed by atoms with Crippen LogP contribution in [0.5, 0.6) is 0 Å². The number of carbonyl (C=O) groups excluding carboxylic acids is 1. The van der Waals surface area contributed by atoms with E-state index in [1.807, 2.05) is 0 Å². The second-order valence-electron chi connectivity index (χ2n) is 9.30. The summed E-state index contributed by atoms with van der Waals surface area (Å²) in [5.74, 6) is 1.40. The Morgan fingerprint density at radius 3 is 2.31 bits per heavy atom. The summed E-state index contributed by atoms with van der Waals surface area (Å²) in [7, 11) is 3.71. The molecule has 0 bridgehead atoms. The smallest absolute Gasteiger partial charge is 0.290 e. The van der Waals surface area contributed by atoms with E-state index in [2.05, 4.69) is 71.6 Å². The number of carboxylic acid groups (broad SMARTS) is 1. The molecule has 7 heteroatoms. The molecule has 1 aliphatic carbocycles. The molecule has 1 unspecified atom stereocenters. The van der Waals surface area contributed by atoms with Crippen LogP contribution in [0.15, 0.2) is 42.5 Å². The van der Waals surface area contributed by atoms with E-state index >= 15 is 0 Å². The second kappa shape index (κ2) is 12.5. The van der Waals surface area contributed by atoms with Gasteiger partial charge in [-0.1, -0.05) is 30.3 Å². The van der Waals surface area contributed by atoms with Crippen molar-refractivity contribution in [3.8, 4) is 0 Å². The fraction of sp³-hybridized carbons (Fsp3) is 0.464. The van der Waals surface area contributed by atoms with Crippen LogP contribution in [0.4, 0.5) is 5.69 Å². The first-order valence-electron chi connectivity index (χ1n) is 12.5. The van der Waals surface area contributed by atoms with Gasteiger partial charge in [0.2, 0.25) is 0 Å². The van der Waals surface area contributed by atoms with Gasteiger partial charge in [0.05, 0.1) is 11.0 Å². The number of aromatic nitrogens is 2. The molecule has 7 nitrogen and oxygen atoms in total. The quantitative estimate of drug-likeness (QED) is 0.531. The molecule has 2 aromatic carbocycles. The molecular weight excluding hydrogens is 440 g/mol. The molecule has 1 atom stereocenters. The van der Waals surface area contributed by atoms with Crippen LogP contribution >= 0.6 is 0 Å². The van der Waals surface area contributed by atoms with Gasteiger partial charge in [0.25, 0.3) is 6.47 Å². The molecule has 3 N–H and O–H groups in total. The standard InChI is InChI=1S/C26H31N3O.CH5N.CH2O2/c1-18-8-13-22-23(28(18)2)14-15-24-26(22)27-25(16-19-6-4-3-5-7-19)29(24)21-11-9-20(17-30)10-12-21;1-2;2-1-3/h3-7,14-15,17-18,20-21H,8-13,16H2,1-2H3;2H2,1H3;1H,(H,2,3). The first-order chi connectivity index (χ1) is 17.1. The third-order valence-corrected chi connectivity index (χ3v) is 7.37. The number of anilines is 1. The predicted octanol–water partition coefficient (Wildman–Crippen LogP) is 4.60. The highest BCUT2D eigenvalue weighted by atomic mass is 16.3. The number of rotatable bonds is 4. The number of hydrogen-bond donors (Lipinski definition) is 2. The molecule has 2 heterocycles. The van der Waals surface area contributed by atoms with E-state index in [0.29, 0.717) is 12.1 Å². The van der Waals surface area contributed by atoms with Crippen LogP contribution < -0.4 is 10.6 Å². The summed E-state index contributed by atoms with van der Waals surface area (Å²) in [6, 6.07) is 16.3. The highest BCUT2D eigenvalue weighted by Gasteiger charge is 2.28. The Kier molecular flexibility index (Phi) is 9.43. The Hall–Kier alpha value is -3.19.